The summed E-state index contributed by atoms with van der Waals surface area (Å²) in [6, 6.07) is 6.28. The van der Waals surface area contributed by atoms with Gasteiger partial charge >= 0.3 is 6.09 Å². The molecule has 0 aromatic heterocycles. The highest BCUT2D eigenvalue weighted by Gasteiger charge is 2.41. The number of sulfonamides is 1. The Morgan fingerprint density at radius 2 is 1.68 bits per heavy atom. The second kappa shape index (κ2) is 7.81. The SMILES string of the molecule is CC(C)(C)OC(=O)N1CCN(C(=O)[C@@H]2CCCN2C2=NS(=O)(=O)c3ccccc32)CC1. The summed E-state index contributed by atoms with van der Waals surface area (Å²) in [6.07, 6.45) is 1.06. The Morgan fingerprint density at radius 1 is 1.03 bits per heavy atom. The molecule has 1 aromatic rings. The summed E-state index contributed by atoms with van der Waals surface area (Å²) in [5.41, 5.74) is -0.00975. The van der Waals surface area contributed by atoms with E-state index in [1.807, 2.05) is 25.7 Å². The van der Waals surface area contributed by atoms with Gasteiger partial charge in [-0.1, -0.05) is 12.1 Å². The van der Waals surface area contributed by atoms with Crippen molar-refractivity contribution in [2.24, 2.45) is 4.40 Å². The van der Waals surface area contributed by atoms with Gasteiger partial charge in [0.25, 0.3) is 10.0 Å². The molecule has 3 aliphatic heterocycles. The van der Waals surface area contributed by atoms with E-state index >= 15 is 0 Å². The summed E-state index contributed by atoms with van der Waals surface area (Å²) in [5, 5.41) is 0. The summed E-state index contributed by atoms with van der Waals surface area (Å²) in [4.78, 5) is 30.9. The number of likely N-dealkylation sites (tertiary alicyclic amines) is 1. The van der Waals surface area contributed by atoms with Gasteiger partial charge in [-0.25, -0.2) is 4.79 Å². The summed E-state index contributed by atoms with van der Waals surface area (Å²) < 4.78 is 34.3. The fraction of sp³-hybridized carbons (Fsp3) is 0.571. The predicted octanol–water partition coefficient (Wildman–Crippen LogP) is 1.68. The minimum absolute atomic E-state index is 0.0502. The second-order valence-corrected chi connectivity index (χ2v) is 10.6. The predicted molar refractivity (Wildman–Crippen MR) is 114 cm³/mol. The molecule has 3 heterocycles. The van der Waals surface area contributed by atoms with Crippen molar-refractivity contribution in [3.05, 3.63) is 29.8 Å². The molecule has 3 aliphatic rings. The molecule has 0 bridgehead atoms. The fourth-order valence-corrected chi connectivity index (χ4v) is 5.44. The van der Waals surface area contributed by atoms with E-state index in [4.69, 9.17) is 4.74 Å². The van der Waals surface area contributed by atoms with Gasteiger partial charge in [0.15, 0.2) is 5.84 Å². The zero-order chi connectivity index (χ0) is 22.4. The number of carbonyl (C=O) groups is 2. The Balaban J connectivity index is 1.45. The standard InChI is InChI=1S/C21H28N4O5S/c1-21(2,3)30-20(27)24-13-11-23(12-14-24)19(26)16-8-6-10-25(16)18-15-7-4-5-9-17(15)31(28,29)22-18/h4-5,7,9,16H,6,8,10-14H2,1-3H3/t16-/m0/s1. The van der Waals surface area contributed by atoms with E-state index in [1.165, 1.54) is 0 Å². The zero-order valence-electron chi connectivity index (χ0n) is 18.1. The minimum atomic E-state index is -3.73. The van der Waals surface area contributed by atoms with E-state index in [1.54, 1.807) is 34.1 Å². The highest BCUT2D eigenvalue weighted by atomic mass is 32.2. The lowest BCUT2D eigenvalue weighted by atomic mass is 10.1. The van der Waals surface area contributed by atoms with E-state index in [0.29, 0.717) is 50.5 Å². The Kier molecular flexibility index (Phi) is 5.45. The van der Waals surface area contributed by atoms with E-state index in [2.05, 4.69) is 4.40 Å². The molecule has 9 nitrogen and oxygen atoms in total. The van der Waals surface area contributed by atoms with E-state index in [0.717, 1.165) is 6.42 Å². The van der Waals surface area contributed by atoms with Crippen LogP contribution < -0.4 is 0 Å². The number of amides is 2. The van der Waals surface area contributed by atoms with Crippen LogP contribution >= 0.6 is 0 Å². The molecule has 168 valence electrons. The van der Waals surface area contributed by atoms with Gasteiger partial charge in [-0.05, 0) is 45.7 Å². The highest BCUT2D eigenvalue weighted by Crippen LogP contribution is 2.31. The van der Waals surface area contributed by atoms with Crippen molar-refractivity contribution in [2.45, 2.75) is 50.2 Å². The van der Waals surface area contributed by atoms with Crippen molar-refractivity contribution < 1.29 is 22.7 Å². The van der Waals surface area contributed by atoms with E-state index in [-0.39, 0.29) is 16.9 Å². The molecular formula is C21H28N4O5S. The van der Waals surface area contributed by atoms with Crippen molar-refractivity contribution in [3.63, 3.8) is 0 Å². The average molecular weight is 449 g/mol. The molecule has 4 rings (SSSR count). The first-order chi connectivity index (χ1) is 14.6. The molecule has 0 radical (unpaired) electrons. The van der Waals surface area contributed by atoms with E-state index in [9.17, 15) is 18.0 Å². The van der Waals surface area contributed by atoms with Crippen LogP contribution in [-0.2, 0) is 19.6 Å². The molecule has 0 spiro atoms. The van der Waals surface area contributed by atoms with Crippen LogP contribution in [-0.4, -0.2) is 85.3 Å². The van der Waals surface area contributed by atoms with Gasteiger partial charge < -0.3 is 19.4 Å². The van der Waals surface area contributed by atoms with Gasteiger partial charge in [-0.2, -0.15) is 8.42 Å². The van der Waals surface area contributed by atoms with Crippen LogP contribution in [0.25, 0.3) is 0 Å². The van der Waals surface area contributed by atoms with Gasteiger partial charge in [0.05, 0.1) is 0 Å². The second-order valence-electron chi connectivity index (χ2n) is 9.03. The third kappa shape index (κ3) is 4.26. The van der Waals surface area contributed by atoms with Gasteiger partial charge in [-0.15, -0.1) is 4.40 Å². The van der Waals surface area contributed by atoms with Gasteiger partial charge in [0.2, 0.25) is 5.91 Å². The topological polar surface area (TPSA) is 99.6 Å². The van der Waals surface area contributed by atoms with Crippen LogP contribution in [0.1, 0.15) is 39.2 Å². The Bertz CT molecular complexity index is 1020. The Morgan fingerprint density at radius 3 is 2.35 bits per heavy atom. The van der Waals surface area contributed by atoms with Crippen LogP contribution in [0.15, 0.2) is 33.6 Å². The minimum Gasteiger partial charge on any atom is -0.444 e. The number of carbonyl (C=O) groups excluding carboxylic acids is 2. The molecule has 1 atom stereocenters. The number of hydrogen-bond donors (Lipinski definition) is 0. The van der Waals surface area contributed by atoms with E-state index < -0.39 is 21.7 Å². The van der Waals surface area contributed by atoms with Crippen molar-refractivity contribution in [1.29, 1.82) is 0 Å². The Labute approximate surface area is 182 Å². The molecule has 0 aliphatic carbocycles. The number of piperazine rings is 1. The van der Waals surface area contributed by atoms with Crippen molar-refractivity contribution >= 4 is 27.9 Å². The zero-order valence-corrected chi connectivity index (χ0v) is 18.9. The van der Waals surface area contributed by atoms with Crippen LogP contribution in [0.4, 0.5) is 4.79 Å². The largest absolute Gasteiger partial charge is 0.444 e. The lowest BCUT2D eigenvalue weighted by Crippen LogP contribution is -2.55. The lowest BCUT2D eigenvalue weighted by molar-refractivity contribution is -0.136. The maximum atomic E-state index is 13.3. The highest BCUT2D eigenvalue weighted by molar-refractivity contribution is 7.90. The first kappa shape index (κ1) is 21.6. The lowest BCUT2D eigenvalue weighted by Gasteiger charge is -2.38. The van der Waals surface area contributed by atoms with Crippen LogP contribution in [0.2, 0.25) is 0 Å². The normalized spacial score (nSPS) is 22.9. The number of nitrogens with zero attached hydrogens (tertiary/aromatic N) is 4. The molecule has 0 N–H and O–H groups in total. The number of ether oxygens (including phenoxy) is 1. The maximum Gasteiger partial charge on any atom is 0.410 e. The smallest absolute Gasteiger partial charge is 0.410 e. The van der Waals surface area contributed by atoms with Gasteiger partial charge in [0.1, 0.15) is 16.5 Å². The fourth-order valence-electron chi connectivity index (χ4n) is 4.22. The monoisotopic (exact) mass is 448 g/mol. The van der Waals surface area contributed by atoms with Crippen molar-refractivity contribution in [2.75, 3.05) is 32.7 Å². The molecule has 1 aromatic carbocycles. The maximum absolute atomic E-state index is 13.3. The number of benzene rings is 1. The van der Waals surface area contributed by atoms with Gasteiger partial charge in [-0.3, -0.25) is 4.79 Å². The molecule has 2 amide bonds. The molecular weight excluding hydrogens is 420 g/mol. The Hall–Kier alpha value is -2.62. The summed E-state index contributed by atoms with van der Waals surface area (Å²) >= 11 is 0. The molecule has 2 fully saturated rings. The van der Waals surface area contributed by atoms with Crippen LogP contribution in [0, 0.1) is 0 Å². The van der Waals surface area contributed by atoms with Crippen molar-refractivity contribution in [1.82, 2.24) is 14.7 Å². The first-order valence-corrected chi connectivity index (χ1v) is 12.0. The van der Waals surface area contributed by atoms with Crippen LogP contribution in [0.5, 0.6) is 0 Å². The third-order valence-electron chi connectivity index (χ3n) is 5.67. The first-order valence-electron chi connectivity index (χ1n) is 10.5. The third-order valence-corrected chi connectivity index (χ3v) is 6.99. The quantitative estimate of drug-likeness (QED) is 0.648. The number of amidine groups is 1. The molecule has 10 heteroatoms. The van der Waals surface area contributed by atoms with Gasteiger partial charge in [0, 0.05) is 38.3 Å². The van der Waals surface area contributed by atoms with Crippen molar-refractivity contribution in [3.8, 4) is 0 Å². The number of hydrogen-bond acceptors (Lipinski definition) is 6. The molecule has 0 saturated carbocycles. The summed E-state index contributed by atoms with van der Waals surface area (Å²) in [5.74, 6) is 0.310. The summed E-state index contributed by atoms with van der Waals surface area (Å²) in [7, 11) is -3.73. The van der Waals surface area contributed by atoms with Crippen LogP contribution in [0.3, 0.4) is 0 Å². The number of fused-ring (bicyclic) bond motifs is 1. The summed E-state index contributed by atoms with van der Waals surface area (Å²) in [6.45, 7) is 7.71. The molecule has 0 unspecified atom stereocenters. The molecule has 2 saturated heterocycles. The number of rotatable bonds is 1. The average Bonchev–Trinajstić information content (AvgIpc) is 3.29. The molecule has 31 heavy (non-hydrogen) atoms.